The Morgan fingerprint density at radius 1 is 1.19 bits per heavy atom. The molecule has 1 aromatic carbocycles. The fraction of sp³-hybridized carbons (Fsp3) is 0.500. The molecule has 6 heteroatoms. The molecule has 2 amide bonds. The molecule has 1 N–H and O–H groups in total. The standard InChI is InChI=1S/C20H25N3O3/c1-12-6-7-13(2)16-15(12)14(3)17(21-16)18(24)23-9-5-8-20(11-23)10-22(4)19(25)26-20/h6-7,21H,5,8-11H2,1-4H3/t20-/m0/s1. The second-order valence-electron chi connectivity index (χ2n) is 7.81. The first-order valence-electron chi connectivity index (χ1n) is 9.13. The number of aromatic nitrogens is 1. The first-order chi connectivity index (χ1) is 12.3. The maximum absolute atomic E-state index is 13.3. The van der Waals surface area contributed by atoms with Crippen LogP contribution in [0, 0.1) is 20.8 Å². The Morgan fingerprint density at radius 2 is 1.92 bits per heavy atom. The Kier molecular flexibility index (Phi) is 3.75. The van der Waals surface area contributed by atoms with Gasteiger partial charge in [0, 0.05) is 24.5 Å². The molecule has 2 aliphatic heterocycles. The lowest BCUT2D eigenvalue weighted by molar-refractivity contribution is -0.00540. The van der Waals surface area contributed by atoms with Crippen molar-refractivity contribution in [3.8, 4) is 0 Å². The average Bonchev–Trinajstić information content (AvgIpc) is 3.08. The van der Waals surface area contributed by atoms with Crippen molar-refractivity contribution in [3.63, 3.8) is 0 Å². The highest BCUT2D eigenvalue weighted by Gasteiger charge is 2.47. The maximum atomic E-state index is 13.3. The Hall–Kier alpha value is -2.50. The van der Waals surface area contributed by atoms with Gasteiger partial charge in [-0.1, -0.05) is 12.1 Å². The lowest BCUT2D eigenvalue weighted by Crippen LogP contribution is -2.52. The number of likely N-dealkylation sites (N-methyl/N-ethyl adjacent to an activating group) is 1. The second kappa shape index (κ2) is 5.76. The van der Waals surface area contributed by atoms with Gasteiger partial charge >= 0.3 is 6.09 Å². The van der Waals surface area contributed by atoms with Gasteiger partial charge in [0.1, 0.15) is 11.3 Å². The van der Waals surface area contributed by atoms with E-state index in [1.165, 1.54) is 5.56 Å². The van der Waals surface area contributed by atoms with E-state index in [-0.39, 0.29) is 12.0 Å². The number of nitrogens with zero attached hydrogens (tertiary/aromatic N) is 2. The van der Waals surface area contributed by atoms with Crippen molar-refractivity contribution in [2.24, 2.45) is 0 Å². The number of hydrogen-bond acceptors (Lipinski definition) is 3. The SMILES string of the molecule is Cc1ccc(C)c2c(C)c(C(=O)N3CCC[C@]4(CN(C)C(=O)O4)C3)[nH]c12. The number of amides is 2. The molecule has 1 aromatic heterocycles. The molecule has 1 atom stereocenters. The van der Waals surface area contributed by atoms with Crippen LogP contribution in [0.2, 0.25) is 0 Å². The van der Waals surface area contributed by atoms with Gasteiger partial charge in [0.15, 0.2) is 0 Å². The molecule has 0 unspecified atom stereocenters. The molecule has 2 aliphatic rings. The van der Waals surface area contributed by atoms with Crippen LogP contribution in [0.4, 0.5) is 4.79 Å². The Morgan fingerprint density at radius 3 is 2.58 bits per heavy atom. The number of aryl methyl sites for hydroxylation is 3. The summed E-state index contributed by atoms with van der Waals surface area (Å²) >= 11 is 0. The average molecular weight is 355 g/mol. The van der Waals surface area contributed by atoms with Crippen molar-refractivity contribution in [1.82, 2.24) is 14.8 Å². The molecular formula is C20H25N3O3. The third-order valence-electron chi connectivity index (χ3n) is 5.80. The number of carbonyl (C=O) groups is 2. The smallest absolute Gasteiger partial charge is 0.410 e. The van der Waals surface area contributed by atoms with Crippen LogP contribution in [0.1, 0.15) is 40.0 Å². The van der Waals surface area contributed by atoms with E-state index in [0.717, 1.165) is 34.9 Å². The second-order valence-corrected chi connectivity index (χ2v) is 7.81. The Balaban J connectivity index is 1.67. The molecule has 0 saturated carbocycles. The minimum absolute atomic E-state index is 0.0119. The summed E-state index contributed by atoms with van der Waals surface area (Å²) in [7, 11) is 1.74. The maximum Gasteiger partial charge on any atom is 0.410 e. The molecule has 2 fully saturated rings. The van der Waals surface area contributed by atoms with Crippen LogP contribution in [-0.2, 0) is 4.74 Å². The third-order valence-corrected chi connectivity index (χ3v) is 5.80. The zero-order valence-electron chi connectivity index (χ0n) is 15.8. The molecule has 4 rings (SSSR count). The van der Waals surface area contributed by atoms with Gasteiger partial charge < -0.3 is 19.5 Å². The molecular weight excluding hydrogens is 330 g/mol. The van der Waals surface area contributed by atoms with Crippen molar-refractivity contribution < 1.29 is 14.3 Å². The number of ether oxygens (including phenoxy) is 1. The van der Waals surface area contributed by atoms with E-state index in [9.17, 15) is 9.59 Å². The number of nitrogens with one attached hydrogen (secondary N) is 1. The predicted octanol–water partition coefficient (Wildman–Crippen LogP) is 3.15. The minimum Gasteiger partial charge on any atom is -0.439 e. The van der Waals surface area contributed by atoms with E-state index in [0.29, 0.717) is 25.3 Å². The first-order valence-corrected chi connectivity index (χ1v) is 9.13. The van der Waals surface area contributed by atoms with Gasteiger partial charge in [-0.05, 0) is 50.3 Å². The molecule has 1 spiro atoms. The van der Waals surface area contributed by atoms with Crippen molar-refractivity contribution in [2.45, 2.75) is 39.2 Å². The zero-order chi connectivity index (χ0) is 18.6. The van der Waals surface area contributed by atoms with Gasteiger partial charge in [0.05, 0.1) is 13.1 Å². The number of carbonyl (C=O) groups excluding carboxylic acids is 2. The van der Waals surface area contributed by atoms with E-state index < -0.39 is 5.60 Å². The van der Waals surface area contributed by atoms with Crippen LogP contribution in [0.5, 0.6) is 0 Å². The molecule has 138 valence electrons. The van der Waals surface area contributed by atoms with Crippen LogP contribution in [0.15, 0.2) is 12.1 Å². The van der Waals surface area contributed by atoms with Crippen LogP contribution in [-0.4, -0.2) is 59.1 Å². The summed E-state index contributed by atoms with van der Waals surface area (Å²) in [4.78, 5) is 31.9. The summed E-state index contributed by atoms with van der Waals surface area (Å²) in [5.74, 6) is -0.0119. The van der Waals surface area contributed by atoms with Gasteiger partial charge in [-0.3, -0.25) is 4.79 Å². The summed E-state index contributed by atoms with van der Waals surface area (Å²) < 4.78 is 5.63. The topological polar surface area (TPSA) is 65.6 Å². The van der Waals surface area contributed by atoms with E-state index in [1.54, 1.807) is 11.9 Å². The highest BCUT2D eigenvalue weighted by Crippen LogP contribution is 2.33. The van der Waals surface area contributed by atoms with E-state index in [4.69, 9.17) is 4.74 Å². The van der Waals surface area contributed by atoms with Crippen LogP contribution in [0.3, 0.4) is 0 Å². The summed E-state index contributed by atoms with van der Waals surface area (Å²) in [5.41, 5.74) is 4.41. The molecule has 26 heavy (non-hydrogen) atoms. The lowest BCUT2D eigenvalue weighted by atomic mass is 9.92. The summed E-state index contributed by atoms with van der Waals surface area (Å²) in [6.45, 7) is 7.81. The largest absolute Gasteiger partial charge is 0.439 e. The van der Waals surface area contributed by atoms with Crippen LogP contribution < -0.4 is 0 Å². The lowest BCUT2D eigenvalue weighted by Gasteiger charge is -2.38. The Labute approximate surface area is 153 Å². The van der Waals surface area contributed by atoms with Crippen molar-refractivity contribution >= 4 is 22.9 Å². The Bertz CT molecular complexity index is 917. The van der Waals surface area contributed by atoms with Gasteiger partial charge in [-0.25, -0.2) is 4.79 Å². The fourth-order valence-electron chi connectivity index (χ4n) is 4.45. The highest BCUT2D eigenvalue weighted by atomic mass is 16.6. The van der Waals surface area contributed by atoms with Crippen LogP contribution in [0.25, 0.3) is 10.9 Å². The number of hydrogen-bond donors (Lipinski definition) is 1. The number of H-pyrrole nitrogens is 1. The van der Waals surface area contributed by atoms with E-state index in [1.807, 2.05) is 11.8 Å². The molecule has 3 heterocycles. The summed E-state index contributed by atoms with van der Waals surface area (Å²) in [6, 6.07) is 4.17. The molecule has 2 aromatic rings. The van der Waals surface area contributed by atoms with Crippen molar-refractivity contribution in [1.29, 1.82) is 0 Å². The highest BCUT2D eigenvalue weighted by molar-refractivity contribution is 6.02. The molecule has 0 bridgehead atoms. The number of piperidine rings is 1. The predicted molar refractivity (Wildman–Crippen MR) is 99.5 cm³/mol. The van der Waals surface area contributed by atoms with Gasteiger partial charge in [-0.15, -0.1) is 0 Å². The van der Waals surface area contributed by atoms with Gasteiger partial charge in [0.25, 0.3) is 5.91 Å². The quantitative estimate of drug-likeness (QED) is 0.855. The first kappa shape index (κ1) is 16.9. The van der Waals surface area contributed by atoms with Crippen LogP contribution >= 0.6 is 0 Å². The monoisotopic (exact) mass is 355 g/mol. The number of rotatable bonds is 1. The number of benzene rings is 1. The zero-order valence-corrected chi connectivity index (χ0v) is 15.8. The van der Waals surface area contributed by atoms with Crippen molar-refractivity contribution in [2.75, 3.05) is 26.7 Å². The molecule has 0 radical (unpaired) electrons. The molecule has 2 saturated heterocycles. The summed E-state index contributed by atoms with van der Waals surface area (Å²) in [5, 5.41) is 1.13. The van der Waals surface area contributed by atoms with E-state index >= 15 is 0 Å². The fourth-order valence-corrected chi connectivity index (χ4v) is 4.45. The van der Waals surface area contributed by atoms with Crippen molar-refractivity contribution in [3.05, 3.63) is 34.5 Å². The molecule has 0 aliphatic carbocycles. The van der Waals surface area contributed by atoms with Gasteiger partial charge in [-0.2, -0.15) is 0 Å². The number of aromatic amines is 1. The normalized spacial score (nSPS) is 23.2. The van der Waals surface area contributed by atoms with E-state index in [2.05, 4.69) is 31.0 Å². The minimum atomic E-state index is -0.564. The summed E-state index contributed by atoms with van der Waals surface area (Å²) in [6.07, 6.45) is 1.34. The third kappa shape index (κ3) is 2.47. The molecule has 6 nitrogen and oxygen atoms in total. The number of likely N-dealkylation sites (tertiary alicyclic amines) is 1. The number of fused-ring (bicyclic) bond motifs is 1. The van der Waals surface area contributed by atoms with Gasteiger partial charge in [0.2, 0.25) is 0 Å².